The van der Waals surface area contributed by atoms with Crippen molar-refractivity contribution in [3.8, 4) is 0 Å². The Balaban J connectivity index is 2.31. The van der Waals surface area contributed by atoms with Gasteiger partial charge in [0, 0.05) is 6.26 Å². The number of benzene rings is 2. The van der Waals surface area contributed by atoms with Crippen molar-refractivity contribution in [1.82, 2.24) is 0 Å². The molecule has 0 spiro atoms. The Morgan fingerprint density at radius 1 is 1.05 bits per heavy atom. The van der Waals surface area contributed by atoms with Crippen molar-refractivity contribution in [2.24, 2.45) is 0 Å². The summed E-state index contributed by atoms with van der Waals surface area (Å²) in [7, 11) is -3.21. The first-order valence-corrected chi connectivity index (χ1v) is 7.79. The summed E-state index contributed by atoms with van der Waals surface area (Å²) in [4.78, 5) is 0.289. The first-order valence-electron chi connectivity index (χ1n) is 5.90. The van der Waals surface area contributed by atoms with Crippen LogP contribution in [0.4, 0.5) is 4.39 Å². The second-order valence-corrected chi connectivity index (χ2v) is 6.70. The van der Waals surface area contributed by atoms with E-state index < -0.39 is 9.84 Å². The van der Waals surface area contributed by atoms with Gasteiger partial charge in [0.15, 0.2) is 9.84 Å². The lowest BCUT2D eigenvalue weighted by Crippen LogP contribution is -1.98. The second kappa shape index (κ2) is 5.13. The van der Waals surface area contributed by atoms with E-state index in [-0.39, 0.29) is 10.7 Å². The number of halogens is 1. The molecule has 0 aliphatic carbocycles. The van der Waals surface area contributed by atoms with E-state index in [1.165, 1.54) is 12.3 Å². The molecule has 2 aromatic rings. The maximum atomic E-state index is 13.5. The molecule has 0 unspecified atom stereocenters. The van der Waals surface area contributed by atoms with Gasteiger partial charge in [-0.05, 0) is 48.2 Å². The van der Waals surface area contributed by atoms with Crippen molar-refractivity contribution >= 4 is 9.84 Å². The van der Waals surface area contributed by atoms with Crippen LogP contribution in [0.3, 0.4) is 0 Å². The van der Waals surface area contributed by atoms with Crippen LogP contribution in [0, 0.1) is 12.7 Å². The highest BCUT2D eigenvalue weighted by Crippen LogP contribution is 2.16. The van der Waals surface area contributed by atoms with Gasteiger partial charge in [0.1, 0.15) is 5.82 Å². The van der Waals surface area contributed by atoms with Crippen molar-refractivity contribution in [3.05, 3.63) is 65.0 Å². The number of hydrogen-bond acceptors (Lipinski definition) is 2. The van der Waals surface area contributed by atoms with E-state index in [2.05, 4.69) is 0 Å². The zero-order valence-electron chi connectivity index (χ0n) is 10.9. The lowest BCUT2D eigenvalue weighted by Gasteiger charge is -2.05. The molecule has 0 bridgehead atoms. The highest BCUT2D eigenvalue weighted by molar-refractivity contribution is 7.90. The maximum absolute atomic E-state index is 13.5. The smallest absolute Gasteiger partial charge is 0.175 e. The predicted molar refractivity (Wildman–Crippen MR) is 73.5 cm³/mol. The summed E-state index contributed by atoms with van der Waals surface area (Å²) in [6.45, 7) is 1.71. The van der Waals surface area contributed by atoms with Gasteiger partial charge in [-0.15, -0.1) is 0 Å². The van der Waals surface area contributed by atoms with Gasteiger partial charge in [0.25, 0.3) is 0 Å². The van der Waals surface area contributed by atoms with Gasteiger partial charge < -0.3 is 0 Å². The number of sulfone groups is 1. The van der Waals surface area contributed by atoms with Gasteiger partial charge in [-0.1, -0.05) is 24.3 Å². The molecule has 2 nitrogen and oxygen atoms in total. The Morgan fingerprint density at radius 3 is 2.37 bits per heavy atom. The molecule has 2 rings (SSSR count). The van der Waals surface area contributed by atoms with E-state index in [0.717, 1.165) is 11.1 Å². The third kappa shape index (κ3) is 3.41. The summed E-state index contributed by atoms with van der Waals surface area (Å²) in [5, 5.41) is 0. The Hall–Kier alpha value is -1.68. The van der Waals surface area contributed by atoms with Crippen molar-refractivity contribution in [3.63, 3.8) is 0 Å². The standard InChI is InChI=1S/C15H15FO2S/c1-11-6-7-13(10-15(11)16)8-12-4-3-5-14(9-12)19(2,17)18/h3-7,9-10H,8H2,1-2H3. The Kier molecular flexibility index (Phi) is 3.71. The normalized spacial score (nSPS) is 11.5. The largest absolute Gasteiger partial charge is 0.224 e. The van der Waals surface area contributed by atoms with E-state index >= 15 is 0 Å². The van der Waals surface area contributed by atoms with Crippen LogP contribution in [-0.2, 0) is 16.3 Å². The fourth-order valence-electron chi connectivity index (χ4n) is 1.87. The van der Waals surface area contributed by atoms with Crippen LogP contribution in [0.1, 0.15) is 16.7 Å². The minimum atomic E-state index is -3.21. The minimum absolute atomic E-state index is 0.239. The quantitative estimate of drug-likeness (QED) is 0.864. The molecule has 0 aliphatic rings. The first-order chi connectivity index (χ1) is 8.86. The van der Waals surface area contributed by atoms with E-state index in [9.17, 15) is 12.8 Å². The van der Waals surface area contributed by atoms with Crippen molar-refractivity contribution in [1.29, 1.82) is 0 Å². The van der Waals surface area contributed by atoms with E-state index in [4.69, 9.17) is 0 Å². The summed E-state index contributed by atoms with van der Waals surface area (Å²) in [6.07, 6.45) is 1.69. The molecular weight excluding hydrogens is 263 g/mol. The van der Waals surface area contributed by atoms with E-state index in [1.807, 2.05) is 12.1 Å². The fraction of sp³-hybridized carbons (Fsp3) is 0.200. The summed E-state index contributed by atoms with van der Waals surface area (Å²) in [5.41, 5.74) is 2.29. The molecule has 2 aromatic carbocycles. The third-order valence-corrected chi connectivity index (χ3v) is 4.08. The SMILES string of the molecule is Cc1ccc(Cc2cccc(S(C)(=O)=O)c2)cc1F. The zero-order valence-corrected chi connectivity index (χ0v) is 11.7. The van der Waals surface area contributed by atoms with Gasteiger partial charge in [-0.25, -0.2) is 12.8 Å². The molecular formula is C15H15FO2S. The average Bonchev–Trinajstić information content (AvgIpc) is 2.33. The summed E-state index contributed by atoms with van der Waals surface area (Å²) >= 11 is 0. The van der Waals surface area contributed by atoms with E-state index in [1.54, 1.807) is 31.2 Å². The molecule has 0 N–H and O–H groups in total. The highest BCUT2D eigenvalue weighted by Gasteiger charge is 2.08. The lowest BCUT2D eigenvalue weighted by atomic mass is 10.0. The first kappa shape index (κ1) is 13.7. The van der Waals surface area contributed by atoms with Gasteiger partial charge in [-0.3, -0.25) is 0 Å². The summed E-state index contributed by atoms with van der Waals surface area (Å²) in [5.74, 6) is -0.239. The van der Waals surface area contributed by atoms with Crippen LogP contribution < -0.4 is 0 Å². The number of rotatable bonds is 3. The maximum Gasteiger partial charge on any atom is 0.175 e. The molecule has 19 heavy (non-hydrogen) atoms. The topological polar surface area (TPSA) is 34.1 Å². The number of hydrogen-bond donors (Lipinski definition) is 0. The third-order valence-electron chi connectivity index (χ3n) is 2.97. The Morgan fingerprint density at radius 2 is 1.74 bits per heavy atom. The van der Waals surface area contributed by atoms with Crippen LogP contribution in [0.15, 0.2) is 47.4 Å². The number of aryl methyl sites for hydroxylation is 1. The Bertz CT molecular complexity index is 706. The molecule has 0 aliphatic heterocycles. The molecule has 100 valence electrons. The van der Waals surface area contributed by atoms with Crippen LogP contribution in [0.25, 0.3) is 0 Å². The van der Waals surface area contributed by atoms with Gasteiger partial charge in [0.2, 0.25) is 0 Å². The summed E-state index contributed by atoms with van der Waals surface area (Å²) < 4.78 is 36.4. The van der Waals surface area contributed by atoms with Crippen molar-refractivity contribution in [2.45, 2.75) is 18.2 Å². The lowest BCUT2D eigenvalue weighted by molar-refractivity contribution is 0.601. The molecule has 0 atom stereocenters. The van der Waals surface area contributed by atoms with E-state index in [0.29, 0.717) is 12.0 Å². The minimum Gasteiger partial charge on any atom is -0.224 e. The van der Waals surface area contributed by atoms with Crippen molar-refractivity contribution in [2.75, 3.05) is 6.26 Å². The highest BCUT2D eigenvalue weighted by atomic mass is 32.2. The average molecular weight is 278 g/mol. The fourth-order valence-corrected chi connectivity index (χ4v) is 2.56. The second-order valence-electron chi connectivity index (χ2n) is 4.68. The zero-order chi connectivity index (χ0) is 14.0. The molecule has 0 heterocycles. The van der Waals surface area contributed by atoms with Crippen LogP contribution in [0.5, 0.6) is 0 Å². The predicted octanol–water partition coefficient (Wildman–Crippen LogP) is 3.13. The van der Waals surface area contributed by atoms with Crippen LogP contribution >= 0.6 is 0 Å². The van der Waals surface area contributed by atoms with Gasteiger partial charge in [0.05, 0.1) is 4.90 Å². The Labute approximate surface area is 112 Å². The summed E-state index contributed by atoms with van der Waals surface area (Å²) in [6, 6.07) is 11.8. The van der Waals surface area contributed by atoms with Crippen LogP contribution in [-0.4, -0.2) is 14.7 Å². The molecule has 0 fully saturated rings. The van der Waals surface area contributed by atoms with Gasteiger partial charge >= 0.3 is 0 Å². The van der Waals surface area contributed by atoms with Crippen molar-refractivity contribution < 1.29 is 12.8 Å². The molecule has 0 saturated heterocycles. The van der Waals surface area contributed by atoms with Gasteiger partial charge in [-0.2, -0.15) is 0 Å². The van der Waals surface area contributed by atoms with Crippen LogP contribution in [0.2, 0.25) is 0 Å². The molecule has 0 radical (unpaired) electrons. The molecule has 0 amide bonds. The molecule has 0 aromatic heterocycles. The molecule has 4 heteroatoms. The molecule has 0 saturated carbocycles. The monoisotopic (exact) mass is 278 g/mol.